The molecule has 0 saturated heterocycles. The smallest absolute Gasteiger partial charge is 0.310 e. The molecule has 7 heavy (non-hydrogen) atoms. The van der Waals surface area contributed by atoms with E-state index in [1.165, 1.54) is 0 Å². The van der Waals surface area contributed by atoms with Gasteiger partial charge >= 0.3 is 6.43 Å². The van der Waals surface area contributed by atoms with Crippen molar-refractivity contribution < 1.29 is 18.4 Å². The zero-order valence-corrected chi connectivity index (χ0v) is 3.11. The fourth-order valence-electron chi connectivity index (χ4n) is 0.0436. The molecular formula is C2H2F3NO. The maximum atomic E-state index is 11.0. The number of hydrogen-bond acceptors (Lipinski definition) is 2. The van der Waals surface area contributed by atoms with Gasteiger partial charge in [-0.05, 0) is 0 Å². The predicted molar refractivity (Wildman–Crippen MR) is 16.3 cm³/mol. The SMILES string of the molecule is O/N=C(\F)C(F)F. The molecule has 0 radical (unpaired) electrons. The van der Waals surface area contributed by atoms with E-state index in [-0.39, 0.29) is 0 Å². The molecule has 2 nitrogen and oxygen atoms in total. The zero-order chi connectivity index (χ0) is 5.86. The maximum absolute atomic E-state index is 11.0. The van der Waals surface area contributed by atoms with Crippen molar-refractivity contribution >= 4 is 5.97 Å². The molecule has 0 amide bonds. The van der Waals surface area contributed by atoms with Crippen LogP contribution >= 0.6 is 0 Å². The molecule has 0 aliphatic carbocycles. The summed E-state index contributed by atoms with van der Waals surface area (Å²) >= 11 is 0. The van der Waals surface area contributed by atoms with Crippen LogP contribution in [0.3, 0.4) is 0 Å². The van der Waals surface area contributed by atoms with E-state index >= 15 is 0 Å². The van der Waals surface area contributed by atoms with Gasteiger partial charge in [-0.1, -0.05) is 5.16 Å². The van der Waals surface area contributed by atoms with E-state index in [0.29, 0.717) is 0 Å². The van der Waals surface area contributed by atoms with Gasteiger partial charge in [0.25, 0.3) is 5.97 Å². The Labute approximate surface area is 37.2 Å². The molecule has 1 N–H and O–H groups in total. The van der Waals surface area contributed by atoms with Crippen molar-refractivity contribution in [3.05, 3.63) is 0 Å². The lowest BCUT2D eigenvalue weighted by Gasteiger charge is -1.84. The van der Waals surface area contributed by atoms with E-state index in [2.05, 4.69) is 0 Å². The highest BCUT2D eigenvalue weighted by Gasteiger charge is 2.10. The molecule has 0 atom stereocenters. The molecule has 0 saturated carbocycles. The summed E-state index contributed by atoms with van der Waals surface area (Å²) in [6.07, 6.45) is -3.30. The van der Waals surface area contributed by atoms with Crippen LogP contribution in [0.2, 0.25) is 0 Å². The normalized spacial score (nSPS) is 12.9. The summed E-state index contributed by atoms with van der Waals surface area (Å²) < 4.78 is 32.5. The molecule has 0 aromatic rings. The Morgan fingerprint density at radius 2 is 2.00 bits per heavy atom. The average molecular weight is 113 g/mol. The van der Waals surface area contributed by atoms with Crippen LogP contribution in [0.15, 0.2) is 5.16 Å². The van der Waals surface area contributed by atoms with Gasteiger partial charge in [0.1, 0.15) is 0 Å². The number of alkyl halides is 2. The summed E-state index contributed by atoms with van der Waals surface area (Å²) in [5, 5.41) is 8.83. The quantitative estimate of drug-likeness (QED) is 0.307. The first-order chi connectivity index (χ1) is 3.18. The topological polar surface area (TPSA) is 32.6 Å². The summed E-state index contributed by atoms with van der Waals surface area (Å²) in [5.41, 5.74) is 0. The van der Waals surface area contributed by atoms with Crippen molar-refractivity contribution in [3.63, 3.8) is 0 Å². The van der Waals surface area contributed by atoms with E-state index < -0.39 is 12.4 Å². The van der Waals surface area contributed by atoms with E-state index in [4.69, 9.17) is 5.21 Å². The molecule has 0 fully saturated rings. The fourth-order valence-corrected chi connectivity index (χ4v) is 0.0436. The third-order valence-corrected chi connectivity index (χ3v) is 0.276. The van der Waals surface area contributed by atoms with Crippen molar-refractivity contribution in [2.24, 2.45) is 5.16 Å². The average Bonchev–Trinajstić information content (AvgIpc) is 1.65. The Morgan fingerprint density at radius 3 is 2.00 bits per heavy atom. The minimum atomic E-state index is -3.30. The molecule has 0 spiro atoms. The molecule has 0 aliphatic heterocycles. The van der Waals surface area contributed by atoms with Crippen LogP contribution in [-0.4, -0.2) is 17.6 Å². The van der Waals surface area contributed by atoms with E-state index in [1.807, 2.05) is 0 Å². The molecule has 42 valence electrons. The summed E-state index contributed by atoms with van der Waals surface area (Å²) in [6, 6.07) is 0. The minimum absolute atomic E-state index is 1.59. The highest BCUT2D eigenvalue weighted by molar-refractivity contribution is 5.77. The van der Waals surface area contributed by atoms with Crippen molar-refractivity contribution in [1.82, 2.24) is 0 Å². The molecule has 0 heterocycles. The van der Waals surface area contributed by atoms with Crippen LogP contribution in [0, 0.1) is 0 Å². The number of halogens is 3. The minimum Gasteiger partial charge on any atom is -0.409 e. The Kier molecular flexibility index (Phi) is 2.18. The van der Waals surface area contributed by atoms with Gasteiger partial charge in [-0.3, -0.25) is 0 Å². The van der Waals surface area contributed by atoms with Crippen LogP contribution in [-0.2, 0) is 0 Å². The van der Waals surface area contributed by atoms with Crippen molar-refractivity contribution in [1.29, 1.82) is 0 Å². The van der Waals surface area contributed by atoms with Crippen LogP contribution in [0.1, 0.15) is 0 Å². The predicted octanol–water partition coefficient (Wildman–Crippen LogP) is 1.01. The first-order valence-corrected chi connectivity index (χ1v) is 1.34. The standard InChI is InChI=1S/C2H2F3NO/c3-1(4)2(5)6-7/h1,7H/b6-2-. The largest absolute Gasteiger partial charge is 0.409 e. The van der Waals surface area contributed by atoms with Gasteiger partial charge in [0.2, 0.25) is 0 Å². The lowest BCUT2D eigenvalue weighted by atomic mass is 10.7. The van der Waals surface area contributed by atoms with Crippen molar-refractivity contribution in [2.75, 3.05) is 0 Å². The number of rotatable bonds is 1. The van der Waals surface area contributed by atoms with E-state index in [9.17, 15) is 13.2 Å². The highest BCUT2D eigenvalue weighted by atomic mass is 19.3. The molecular weight excluding hydrogens is 111 g/mol. The van der Waals surface area contributed by atoms with E-state index in [1.54, 1.807) is 5.16 Å². The summed E-state index contributed by atoms with van der Waals surface area (Å²) in [6.45, 7) is 0. The third kappa shape index (κ3) is 2.02. The van der Waals surface area contributed by atoms with Gasteiger partial charge in [-0.2, -0.15) is 4.39 Å². The molecule has 0 aromatic carbocycles. The lowest BCUT2D eigenvalue weighted by Crippen LogP contribution is -2.01. The van der Waals surface area contributed by atoms with Gasteiger partial charge in [0.05, 0.1) is 0 Å². The second kappa shape index (κ2) is 2.44. The van der Waals surface area contributed by atoms with Crippen LogP contribution < -0.4 is 0 Å². The van der Waals surface area contributed by atoms with Gasteiger partial charge in [0, 0.05) is 0 Å². The fraction of sp³-hybridized carbons (Fsp3) is 0.500. The van der Waals surface area contributed by atoms with Crippen LogP contribution in [0.25, 0.3) is 0 Å². The summed E-state index contributed by atoms with van der Waals surface area (Å²) in [4.78, 5) is 0. The second-order valence-corrected chi connectivity index (χ2v) is 0.723. The summed E-state index contributed by atoms with van der Waals surface area (Å²) in [7, 11) is 0. The molecule has 0 unspecified atom stereocenters. The highest BCUT2D eigenvalue weighted by Crippen LogP contribution is 1.95. The van der Waals surface area contributed by atoms with Crippen molar-refractivity contribution in [2.45, 2.75) is 6.43 Å². The van der Waals surface area contributed by atoms with E-state index in [0.717, 1.165) is 0 Å². The Hall–Kier alpha value is -0.740. The van der Waals surface area contributed by atoms with Crippen LogP contribution in [0.5, 0.6) is 0 Å². The monoisotopic (exact) mass is 113 g/mol. The lowest BCUT2D eigenvalue weighted by molar-refractivity contribution is 0.197. The maximum Gasteiger partial charge on any atom is 0.310 e. The van der Waals surface area contributed by atoms with Gasteiger partial charge in [-0.15, -0.1) is 0 Å². The molecule has 5 heteroatoms. The molecule has 0 bridgehead atoms. The molecule has 0 aliphatic rings. The van der Waals surface area contributed by atoms with Crippen LogP contribution in [0.4, 0.5) is 13.2 Å². The molecule has 0 rings (SSSR count). The first-order valence-electron chi connectivity index (χ1n) is 1.34. The summed E-state index contributed by atoms with van der Waals surface area (Å²) in [5.74, 6) is -2.06. The Morgan fingerprint density at radius 1 is 1.57 bits per heavy atom. The Bertz CT molecular complexity index is 81.0. The van der Waals surface area contributed by atoms with Gasteiger partial charge in [0.15, 0.2) is 0 Å². The third-order valence-electron chi connectivity index (χ3n) is 0.276. The number of oxime groups is 1. The first kappa shape index (κ1) is 6.26. The number of hydrogen-bond donors (Lipinski definition) is 1. The number of nitrogens with zero attached hydrogens (tertiary/aromatic N) is 1. The Balaban J connectivity index is 3.56. The zero-order valence-electron chi connectivity index (χ0n) is 3.11. The molecule has 0 aromatic heterocycles. The van der Waals surface area contributed by atoms with Crippen molar-refractivity contribution in [3.8, 4) is 0 Å². The van der Waals surface area contributed by atoms with Gasteiger partial charge in [-0.25, -0.2) is 8.78 Å². The van der Waals surface area contributed by atoms with Gasteiger partial charge < -0.3 is 5.21 Å². The second-order valence-electron chi connectivity index (χ2n) is 0.723.